The summed E-state index contributed by atoms with van der Waals surface area (Å²) in [6.45, 7) is 4.35. The third-order valence-corrected chi connectivity index (χ3v) is 5.63. The summed E-state index contributed by atoms with van der Waals surface area (Å²) >= 11 is 1.71. The molecule has 0 aromatic heterocycles. The topological polar surface area (TPSA) is 81.7 Å². The lowest BCUT2D eigenvalue weighted by Gasteiger charge is -2.10. The highest BCUT2D eigenvalue weighted by Gasteiger charge is 2.13. The van der Waals surface area contributed by atoms with E-state index < -0.39 is 5.97 Å². The first kappa shape index (κ1) is 26.0. The number of anilines is 1. The number of thioether (sulfide) groups is 1. The first-order valence-electron chi connectivity index (χ1n) is 10.9. The van der Waals surface area contributed by atoms with Gasteiger partial charge in [-0.25, -0.2) is 4.79 Å². The van der Waals surface area contributed by atoms with Crippen molar-refractivity contribution in [3.63, 3.8) is 0 Å². The summed E-state index contributed by atoms with van der Waals surface area (Å²) in [5.74, 6) is 0.480. The van der Waals surface area contributed by atoms with Crippen molar-refractivity contribution in [3.05, 3.63) is 23.8 Å². The largest absolute Gasteiger partial charge is 0.466 e. The maximum absolute atomic E-state index is 12.1. The summed E-state index contributed by atoms with van der Waals surface area (Å²) in [7, 11) is 0. The number of esters is 2. The molecule has 7 heteroatoms. The molecule has 0 atom stereocenters. The Hall–Kier alpha value is -2.02. The number of amides is 1. The van der Waals surface area contributed by atoms with Gasteiger partial charge in [0.05, 0.1) is 24.5 Å². The Morgan fingerprint density at radius 3 is 2.20 bits per heavy atom. The van der Waals surface area contributed by atoms with E-state index in [9.17, 15) is 14.4 Å². The first-order chi connectivity index (χ1) is 14.6. The van der Waals surface area contributed by atoms with E-state index in [0.717, 1.165) is 29.9 Å². The van der Waals surface area contributed by atoms with E-state index >= 15 is 0 Å². The molecule has 1 aromatic rings. The lowest BCUT2D eigenvalue weighted by atomic mass is 10.1. The molecule has 0 unspecified atom stereocenters. The van der Waals surface area contributed by atoms with Crippen LogP contribution >= 0.6 is 11.8 Å². The summed E-state index contributed by atoms with van der Waals surface area (Å²) in [6.07, 6.45) is 10.2. The summed E-state index contributed by atoms with van der Waals surface area (Å²) in [5.41, 5.74) is 0.854. The molecule has 0 aliphatic rings. The fraction of sp³-hybridized carbons (Fsp3) is 0.609. The van der Waals surface area contributed by atoms with E-state index in [4.69, 9.17) is 9.47 Å². The molecule has 0 saturated heterocycles. The molecule has 0 spiro atoms. The van der Waals surface area contributed by atoms with Crippen molar-refractivity contribution in [2.24, 2.45) is 0 Å². The van der Waals surface area contributed by atoms with E-state index in [1.54, 1.807) is 30.8 Å². The molecule has 1 N–H and O–H groups in total. The summed E-state index contributed by atoms with van der Waals surface area (Å²) in [6, 6.07) is 5.44. The van der Waals surface area contributed by atoms with Gasteiger partial charge < -0.3 is 14.8 Å². The predicted octanol–water partition coefficient (Wildman–Crippen LogP) is 5.60. The van der Waals surface area contributed by atoms with Crippen LogP contribution in [0.3, 0.4) is 0 Å². The number of unbranched alkanes of at least 4 members (excludes halogenated alkanes) is 7. The van der Waals surface area contributed by atoms with Crippen molar-refractivity contribution in [1.82, 2.24) is 0 Å². The van der Waals surface area contributed by atoms with Gasteiger partial charge in [0.15, 0.2) is 0 Å². The van der Waals surface area contributed by atoms with Crippen molar-refractivity contribution in [1.29, 1.82) is 0 Å². The quantitative estimate of drug-likeness (QED) is 0.148. The lowest BCUT2D eigenvalue weighted by Crippen LogP contribution is -2.09. The minimum atomic E-state index is -0.424. The number of benzene rings is 1. The highest BCUT2D eigenvalue weighted by atomic mass is 32.2. The van der Waals surface area contributed by atoms with Crippen LogP contribution in [0.25, 0.3) is 0 Å². The van der Waals surface area contributed by atoms with Gasteiger partial charge >= 0.3 is 11.9 Å². The van der Waals surface area contributed by atoms with Crippen LogP contribution in [0.5, 0.6) is 0 Å². The smallest absolute Gasteiger partial charge is 0.340 e. The number of carbonyl (C=O) groups excluding carboxylic acids is 3. The molecule has 0 heterocycles. The van der Waals surface area contributed by atoms with Gasteiger partial charge in [0.1, 0.15) is 0 Å². The second-order valence-electron chi connectivity index (χ2n) is 6.92. The highest BCUT2D eigenvalue weighted by molar-refractivity contribution is 7.99. The molecular formula is C23H35NO5S. The van der Waals surface area contributed by atoms with Crippen molar-refractivity contribution in [2.75, 3.05) is 24.3 Å². The molecule has 0 radical (unpaired) electrons. The van der Waals surface area contributed by atoms with Crippen molar-refractivity contribution < 1.29 is 23.9 Å². The maximum Gasteiger partial charge on any atom is 0.340 e. The van der Waals surface area contributed by atoms with Crippen molar-refractivity contribution in [2.45, 2.75) is 76.5 Å². The number of ether oxygens (including phenoxy) is 2. The Labute approximate surface area is 184 Å². The Balaban J connectivity index is 2.18. The van der Waals surface area contributed by atoms with Gasteiger partial charge in [-0.05, 0) is 50.6 Å². The van der Waals surface area contributed by atoms with Gasteiger partial charge in [0, 0.05) is 11.3 Å². The fourth-order valence-corrected chi connectivity index (χ4v) is 3.99. The van der Waals surface area contributed by atoms with Crippen LogP contribution < -0.4 is 5.32 Å². The van der Waals surface area contributed by atoms with Gasteiger partial charge in [-0.2, -0.15) is 0 Å². The zero-order chi connectivity index (χ0) is 22.0. The normalized spacial score (nSPS) is 10.5. The van der Waals surface area contributed by atoms with Crippen LogP contribution in [-0.4, -0.2) is 37.3 Å². The summed E-state index contributed by atoms with van der Waals surface area (Å²) in [5, 5.41) is 2.55. The van der Waals surface area contributed by atoms with Crippen LogP contribution in [0.4, 0.5) is 5.69 Å². The van der Waals surface area contributed by atoms with E-state index in [0.29, 0.717) is 37.3 Å². The van der Waals surface area contributed by atoms with Crippen LogP contribution in [0, 0.1) is 0 Å². The van der Waals surface area contributed by atoms with Gasteiger partial charge in [-0.1, -0.05) is 38.5 Å². The lowest BCUT2D eigenvalue weighted by molar-refractivity contribution is -0.143. The number of hydrogen-bond donors (Lipinski definition) is 1. The molecule has 0 bridgehead atoms. The maximum atomic E-state index is 12.1. The third kappa shape index (κ3) is 11.2. The fourth-order valence-electron chi connectivity index (χ4n) is 3.04. The van der Waals surface area contributed by atoms with Crippen molar-refractivity contribution in [3.8, 4) is 0 Å². The number of rotatable bonds is 17. The summed E-state index contributed by atoms with van der Waals surface area (Å²) < 4.78 is 9.99. The Kier molecular flexibility index (Phi) is 14.5. The molecule has 0 saturated carbocycles. The van der Waals surface area contributed by atoms with Gasteiger partial charge in [-0.15, -0.1) is 11.8 Å². The second kappa shape index (κ2) is 16.7. The SMILES string of the molecule is CCOC(=O)CCCCCCCCCCSc1ccc(NC=O)c(C(=O)OCC)c1. The first-order valence-corrected chi connectivity index (χ1v) is 11.9. The van der Waals surface area contributed by atoms with Crippen LogP contribution in [0.1, 0.15) is 82.0 Å². The molecule has 0 fully saturated rings. The molecule has 1 amide bonds. The van der Waals surface area contributed by atoms with E-state index in [2.05, 4.69) is 5.32 Å². The molecule has 6 nitrogen and oxygen atoms in total. The Bertz CT molecular complexity index is 650. The zero-order valence-corrected chi connectivity index (χ0v) is 19.1. The average Bonchev–Trinajstić information content (AvgIpc) is 2.73. The van der Waals surface area contributed by atoms with Gasteiger partial charge in [0.25, 0.3) is 0 Å². The number of hydrogen-bond acceptors (Lipinski definition) is 6. The average molecular weight is 438 g/mol. The molecule has 1 rings (SSSR count). The van der Waals surface area contributed by atoms with E-state index in [1.165, 1.54) is 32.1 Å². The zero-order valence-electron chi connectivity index (χ0n) is 18.2. The minimum absolute atomic E-state index is 0.0842. The van der Waals surface area contributed by atoms with E-state index in [1.807, 2.05) is 13.0 Å². The van der Waals surface area contributed by atoms with Gasteiger partial charge in [0.2, 0.25) is 6.41 Å². The van der Waals surface area contributed by atoms with E-state index in [-0.39, 0.29) is 5.97 Å². The Morgan fingerprint density at radius 1 is 0.933 bits per heavy atom. The molecule has 0 aliphatic heterocycles. The molecular weight excluding hydrogens is 402 g/mol. The monoisotopic (exact) mass is 437 g/mol. The summed E-state index contributed by atoms with van der Waals surface area (Å²) in [4.78, 5) is 35.1. The second-order valence-corrected chi connectivity index (χ2v) is 8.09. The minimum Gasteiger partial charge on any atom is -0.466 e. The number of carbonyl (C=O) groups is 3. The standard InChI is InChI=1S/C23H35NO5S/c1-3-28-22(26)13-11-9-7-5-6-8-10-12-16-30-19-14-15-21(24-18-25)20(17-19)23(27)29-4-2/h14-15,17-18H,3-13,16H2,1-2H3,(H,24,25). The molecule has 0 aliphatic carbocycles. The van der Waals surface area contributed by atoms with Crippen molar-refractivity contribution >= 4 is 35.8 Å². The van der Waals surface area contributed by atoms with Crippen LogP contribution in [0.15, 0.2) is 23.1 Å². The number of nitrogens with one attached hydrogen (secondary N) is 1. The highest BCUT2D eigenvalue weighted by Crippen LogP contribution is 2.26. The van der Waals surface area contributed by atoms with Crippen LogP contribution in [-0.2, 0) is 19.1 Å². The van der Waals surface area contributed by atoms with Gasteiger partial charge in [-0.3, -0.25) is 9.59 Å². The molecule has 168 valence electrons. The molecule has 1 aromatic carbocycles. The third-order valence-electron chi connectivity index (χ3n) is 4.55. The predicted molar refractivity (Wildman–Crippen MR) is 121 cm³/mol. The Morgan fingerprint density at radius 2 is 1.57 bits per heavy atom. The van der Waals surface area contributed by atoms with Crippen LogP contribution in [0.2, 0.25) is 0 Å². The molecule has 30 heavy (non-hydrogen) atoms.